The zero-order chi connectivity index (χ0) is 31.1. The van der Waals surface area contributed by atoms with Crippen molar-refractivity contribution in [1.29, 1.82) is 0 Å². The van der Waals surface area contributed by atoms with E-state index in [1.54, 1.807) is 38.4 Å². The second kappa shape index (κ2) is 13.8. The number of urea groups is 1. The van der Waals surface area contributed by atoms with Crippen LogP contribution in [0.3, 0.4) is 0 Å². The van der Waals surface area contributed by atoms with Gasteiger partial charge in [0.25, 0.3) is 0 Å². The summed E-state index contributed by atoms with van der Waals surface area (Å²) in [5.41, 5.74) is 7.88. The molecular formula is C31H37N5O7. The fourth-order valence-electron chi connectivity index (χ4n) is 4.86. The van der Waals surface area contributed by atoms with E-state index in [4.69, 9.17) is 18.9 Å². The zero-order valence-corrected chi connectivity index (χ0v) is 25.1. The highest BCUT2D eigenvalue weighted by atomic mass is 16.5. The van der Waals surface area contributed by atoms with E-state index in [1.165, 1.54) is 7.11 Å². The lowest BCUT2D eigenvalue weighted by Gasteiger charge is -2.28. The number of methoxy groups -OCH3 is 2. The van der Waals surface area contributed by atoms with Gasteiger partial charge in [-0.2, -0.15) is 5.10 Å². The maximum atomic E-state index is 12.4. The maximum absolute atomic E-state index is 12.4. The second-order valence-electron chi connectivity index (χ2n) is 9.77. The first-order valence-corrected chi connectivity index (χ1v) is 13.7. The van der Waals surface area contributed by atoms with Gasteiger partial charge in [-0.3, -0.25) is 5.43 Å². The minimum Gasteiger partial charge on any atom is -0.497 e. The molecule has 2 heterocycles. The van der Waals surface area contributed by atoms with E-state index in [9.17, 15) is 14.7 Å². The Morgan fingerprint density at radius 3 is 2.51 bits per heavy atom. The monoisotopic (exact) mass is 591 g/mol. The van der Waals surface area contributed by atoms with Gasteiger partial charge in [0, 0.05) is 28.3 Å². The number of carbonyl (C=O) groups excluding carboxylic acids is 2. The van der Waals surface area contributed by atoms with Gasteiger partial charge in [-0.1, -0.05) is 6.07 Å². The molecule has 228 valence electrons. The molecule has 1 aromatic heterocycles. The topological polar surface area (TPSA) is 145 Å². The molecule has 12 heteroatoms. The average molecular weight is 592 g/mol. The first-order chi connectivity index (χ1) is 20.7. The van der Waals surface area contributed by atoms with Crippen molar-refractivity contribution in [3.05, 3.63) is 82.3 Å². The Morgan fingerprint density at radius 2 is 1.84 bits per heavy atom. The normalized spacial score (nSPS) is 15.5. The molecule has 0 unspecified atom stereocenters. The molecule has 1 aliphatic heterocycles. The number of nitrogens with one attached hydrogen (secondary N) is 3. The van der Waals surface area contributed by atoms with Gasteiger partial charge in [-0.25, -0.2) is 9.59 Å². The van der Waals surface area contributed by atoms with Crippen LogP contribution in [0.4, 0.5) is 4.79 Å². The van der Waals surface area contributed by atoms with E-state index < -0.39 is 24.3 Å². The Labute approximate surface area is 250 Å². The number of esters is 1. The van der Waals surface area contributed by atoms with Gasteiger partial charge in [0.2, 0.25) is 0 Å². The number of aliphatic hydroxyl groups is 1. The average Bonchev–Trinajstić information content (AvgIpc) is 3.28. The van der Waals surface area contributed by atoms with Crippen molar-refractivity contribution in [3.8, 4) is 22.9 Å². The van der Waals surface area contributed by atoms with E-state index in [0.29, 0.717) is 29.4 Å². The van der Waals surface area contributed by atoms with Crippen molar-refractivity contribution in [3.63, 3.8) is 0 Å². The van der Waals surface area contributed by atoms with Crippen molar-refractivity contribution in [1.82, 2.24) is 20.6 Å². The van der Waals surface area contributed by atoms with E-state index in [1.807, 2.05) is 51.1 Å². The van der Waals surface area contributed by atoms with E-state index in [0.717, 1.165) is 28.4 Å². The third kappa shape index (κ3) is 7.09. The van der Waals surface area contributed by atoms with Crippen molar-refractivity contribution in [2.45, 2.75) is 40.0 Å². The molecule has 4 N–H and O–H groups in total. The number of allylic oxidation sites excluding steroid dienone is 1. The van der Waals surface area contributed by atoms with Gasteiger partial charge in [0.05, 0.1) is 38.7 Å². The Hall–Kier alpha value is -4.97. The first kappa shape index (κ1) is 31.0. The minimum atomic E-state index is -1.12. The number of hydrogen-bond donors (Lipinski definition) is 4. The Bertz CT molecular complexity index is 1530. The predicted molar refractivity (Wildman–Crippen MR) is 161 cm³/mol. The van der Waals surface area contributed by atoms with Gasteiger partial charge in [0.15, 0.2) is 17.7 Å². The number of ether oxygens (including phenoxy) is 4. The van der Waals surface area contributed by atoms with Gasteiger partial charge < -0.3 is 39.3 Å². The minimum absolute atomic E-state index is 0.127. The van der Waals surface area contributed by atoms with Crippen molar-refractivity contribution in [2.75, 3.05) is 27.4 Å². The zero-order valence-electron chi connectivity index (χ0n) is 25.1. The number of hydrogen-bond acceptors (Lipinski definition) is 9. The van der Waals surface area contributed by atoms with Crippen molar-refractivity contribution >= 4 is 18.2 Å². The number of rotatable bonds is 12. The molecule has 2 amide bonds. The molecule has 4 rings (SSSR count). The second-order valence-corrected chi connectivity index (χ2v) is 9.77. The van der Waals surface area contributed by atoms with E-state index in [2.05, 4.69) is 25.7 Å². The Balaban J connectivity index is 1.42. The number of carbonyl (C=O) groups is 2. The van der Waals surface area contributed by atoms with Crippen LogP contribution in [0.5, 0.6) is 17.2 Å². The van der Waals surface area contributed by atoms with Crippen molar-refractivity contribution < 1.29 is 33.6 Å². The summed E-state index contributed by atoms with van der Waals surface area (Å²) in [6.45, 7) is 7.68. The fourth-order valence-corrected chi connectivity index (χ4v) is 4.86. The van der Waals surface area contributed by atoms with E-state index in [-0.39, 0.29) is 12.2 Å². The summed E-state index contributed by atoms with van der Waals surface area (Å²) >= 11 is 0. The lowest BCUT2D eigenvalue weighted by atomic mass is 9.95. The number of aliphatic hydroxyl groups excluding tert-OH is 1. The van der Waals surface area contributed by atoms with Crippen molar-refractivity contribution in [2.24, 2.45) is 5.10 Å². The summed E-state index contributed by atoms with van der Waals surface area (Å²) in [6.07, 6.45) is 0.531. The number of aryl methyl sites for hydroxylation is 1. The quantitative estimate of drug-likeness (QED) is 0.108. The summed E-state index contributed by atoms with van der Waals surface area (Å²) in [5.74, 6) is 0.981. The highest BCUT2D eigenvalue weighted by Gasteiger charge is 2.32. The summed E-state index contributed by atoms with van der Waals surface area (Å²) in [4.78, 5) is 24.6. The van der Waals surface area contributed by atoms with Gasteiger partial charge in [0.1, 0.15) is 12.4 Å². The first-order valence-electron chi connectivity index (χ1n) is 13.7. The molecule has 2 atom stereocenters. The van der Waals surface area contributed by atoms with Gasteiger partial charge >= 0.3 is 12.0 Å². The summed E-state index contributed by atoms with van der Waals surface area (Å²) in [5, 5.41) is 20.0. The van der Waals surface area contributed by atoms with Crippen LogP contribution in [0.25, 0.3) is 5.69 Å². The third-order valence-electron chi connectivity index (χ3n) is 6.90. The SMILES string of the molecule is CCOc1cc([C@H]2NC(=O)NC(C)=C2C(=O)OC)ccc1OC[C@H](O)N/N=C\c1cc(C)n(-c2ccc(OC)cc2)c1C. The summed E-state index contributed by atoms with van der Waals surface area (Å²) in [6, 6.07) is 13.7. The number of benzene rings is 2. The van der Waals surface area contributed by atoms with Crippen LogP contribution < -0.4 is 30.3 Å². The largest absolute Gasteiger partial charge is 0.497 e. The molecule has 0 spiro atoms. The molecule has 0 radical (unpaired) electrons. The van der Waals surface area contributed by atoms with Gasteiger partial charge in [-0.05, 0) is 75.7 Å². The molecule has 0 saturated heterocycles. The molecule has 2 aromatic carbocycles. The highest BCUT2D eigenvalue weighted by Crippen LogP contribution is 2.35. The van der Waals surface area contributed by atoms with Crippen LogP contribution in [-0.4, -0.2) is 61.5 Å². The molecule has 3 aromatic rings. The van der Waals surface area contributed by atoms with Crippen LogP contribution in [0, 0.1) is 13.8 Å². The third-order valence-corrected chi connectivity index (χ3v) is 6.90. The van der Waals surface area contributed by atoms with Crippen LogP contribution in [0.1, 0.15) is 42.4 Å². The Kier molecular flexibility index (Phi) is 9.94. The van der Waals surface area contributed by atoms with Crippen LogP contribution in [0.2, 0.25) is 0 Å². The lowest BCUT2D eigenvalue weighted by molar-refractivity contribution is -0.136. The van der Waals surface area contributed by atoms with Crippen LogP contribution in [0.15, 0.2) is 64.9 Å². The lowest BCUT2D eigenvalue weighted by Crippen LogP contribution is -2.45. The highest BCUT2D eigenvalue weighted by molar-refractivity contribution is 5.95. The molecule has 0 aliphatic carbocycles. The van der Waals surface area contributed by atoms with E-state index >= 15 is 0 Å². The summed E-state index contributed by atoms with van der Waals surface area (Å²) in [7, 11) is 2.91. The molecule has 43 heavy (non-hydrogen) atoms. The molecule has 0 fully saturated rings. The molecular weight excluding hydrogens is 554 g/mol. The number of hydrazone groups is 1. The van der Waals surface area contributed by atoms with Gasteiger partial charge in [-0.15, -0.1) is 0 Å². The Morgan fingerprint density at radius 1 is 1.09 bits per heavy atom. The standard InChI is InChI=1S/C31H37N5O7/c1-7-42-26-15-21(29-28(30(38)41-6)19(3)33-31(39)34-29)8-13-25(26)43-17-27(37)35-32-16-22-14-18(2)36(20(22)4)23-9-11-24(40-5)12-10-23/h8-16,27,29,35,37H,7,17H2,1-6H3,(H2,33,34,39)/b32-16-/t27-,29+/m0/s1. The van der Waals surface area contributed by atoms with Crippen LogP contribution >= 0.6 is 0 Å². The summed E-state index contributed by atoms with van der Waals surface area (Å²) < 4.78 is 23.9. The maximum Gasteiger partial charge on any atom is 0.337 e. The van der Waals surface area contributed by atoms with Crippen LogP contribution in [-0.2, 0) is 9.53 Å². The number of aromatic nitrogens is 1. The number of nitrogens with zero attached hydrogens (tertiary/aromatic N) is 2. The molecule has 0 bridgehead atoms. The molecule has 1 aliphatic rings. The smallest absolute Gasteiger partial charge is 0.337 e. The molecule has 12 nitrogen and oxygen atoms in total. The number of amides is 2. The predicted octanol–water partition coefficient (Wildman–Crippen LogP) is 3.62. The fraction of sp³-hybridized carbons (Fsp3) is 0.323. The molecule has 0 saturated carbocycles.